The molecule has 2 rings (SSSR count). The van der Waals surface area contributed by atoms with Crippen LogP contribution >= 0.6 is 0 Å². The molecule has 0 aliphatic rings. The highest BCUT2D eigenvalue weighted by Crippen LogP contribution is 2.18. The minimum absolute atomic E-state index is 0.0150. The van der Waals surface area contributed by atoms with E-state index in [-0.39, 0.29) is 31.8 Å². The molecule has 0 aliphatic heterocycles. The summed E-state index contributed by atoms with van der Waals surface area (Å²) in [6, 6.07) is 11.2. The number of carboxylic acids is 1. The maximum Gasteiger partial charge on any atom is 0.408 e. The number of aliphatic hydroxyl groups excluding tert-OH is 4. The molecule has 2 aromatic rings. The first kappa shape index (κ1) is 46.1. The number of alkyl carbamates (subject to hydrolysis) is 1. The average Bonchev–Trinajstić information content (AvgIpc) is 3.12. The monoisotopic (exact) mass is 774 g/mol. The van der Waals surface area contributed by atoms with Gasteiger partial charge in [0.05, 0.1) is 25.1 Å². The second kappa shape index (κ2) is 22.3. The van der Waals surface area contributed by atoms with Crippen molar-refractivity contribution in [3.05, 3.63) is 71.8 Å². The molecule has 0 aliphatic carbocycles. The van der Waals surface area contributed by atoms with Crippen LogP contribution in [0.1, 0.15) is 77.5 Å². The molecule has 4 amide bonds. The zero-order valence-electron chi connectivity index (χ0n) is 31.6. The fourth-order valence-electron chi connectivity index (χ4n) is 5.28. The number of carbonyl (C=O) groups is 6. The maximum atomic E-state index is 13.6. The normalized spacial score (nSPS) is 15.2. The predicted octanol–water partition coefficient (Wildman–Crippen LogP) is 0.826. The molecule has 0 heterocycles. The highest BCUT2D eigenvalue weighted by atomic mass is 16.6. The minimum Gasteiger partial charge on any atom is -0.481 e. The summed E-state index contributed by atoms with van der Waals surface area (Å²) < 4.78 is 10.6. The van der Waals surface area contributed by atoms with Gasteiger partial charge in [0, 0.05) is 6.42 Å². The van der Waals surface area contributed by atoms with E-state index in [0.29, 0.717) is 11.1 Å². The van der Waals surface area contributed by atoms with Gasteiger partial charge < -0.3 is 56.3 Å². The summed E-state index contributed by atoms with van der Waals surface area (Å²) in [6.07, 6.45) is -8.79. The number of rotatable bonds is 21. The zero-order valence-corrected chi connectivity index (χ0v) is 31.6. The Balaban J connectivity index is 2.18. The zero-order chi connectivity index (χ0) is 41.3. The van der Waals surface area contributed by atoms with Crippen molar-refractivity contribution in [2.75, 3.05) is 6.61 Å². The van der Waals surface area contributed by atoms with Gasteiger partial charge in [-0.05, 0) is 50.7 Å². The number of nitrogens with one attached hydrogen (secondary N) is 4. The van der Waals surface area contributed by atoms with Crippen LogP contribution in [-0.2, 0) is 40.1 Å². The van der Waals surface area contributed by atoms with Crippen LogP contribution in [0.3, 0.4) is 0 Å². The Hall–Kier alpha value is -5.10. The number of ether oxygens (including phenoxy) is 2. The van der Waals surface area contributed by atoms with Crippen molar-refractivity contribution in [2.45, 2.75) is 115 Å². The summed E-state index contributed by atoms with van der Waals surface area (Å²) in [4.78, 5) is 76.6. The molecule has 55 heavy (non-hydrogen) atoms. The smallest absolute Gasteiger partial charge is 0.408 e. The number of amides is 4. The lowest BCUT2D eigenvalue weighted by Crippen LogP contribution is -2.60. The van der Waals surface area contributed by atoms with Crippen molar-refractivity contribution < 1.29 is 63.8 Å². The highest BCUT2D eigenvalue weighted by Gasteiger charge is 2.38. The van der Waals surface area contributed by atoms with Crippen LogP contribution in [0.2, 0.25) is 0 Å². The van der Waals surface area contributed by atoms with Crippen LogP contribution in [0.25, 0.3) is 0 Å². The number of aliphatic hydroxyl groups is 4. The van der Waals surface area contributed by atoms with Crippen LogP contribution in [0.5, 0.6) is 0 Å². The van der Waals surface area contributed by atoms with Gasteiger partial charge in [0.2, 0.25) is 11.8 Å². The molecule has 7 atom stereocenters. The molecule has 0 saturated heterocycles. The molecule has 0 bridgehead atoms. The molecule has 9 N–H and O–H groups in total. The second-order valence-electron chi connectivity index (χ2n) is 14.4. The lowest BCUT2D eigenvalue weighted by Gasteiger charge is -2.31. The standard InChI is InChI=1S/C38H54N4O13/c1-22(2)18-27(40-34(50)25(16-17-30(46)55-38(3,4)5)42-37(53)54-21-23-12-8-6-9-13-23)35(51)41-28(20-43)31(47)32(48)33(49)36(52)39-26(19-29(44)45)24-14-10-7-11-15-24/h6-15,22,25-28,31-33,43,47-49H,16-21H2,1-5H3,(H,39,52)(H,40,50)(H,41,51)(H,42,53)(H,44,45)/t25-,26-,27-,28-,31+,32+,33-/m0/s1. The summed E-state index contributed by atoms with van der Waals surface area (Å²) in [6.45, 7) is 7.38. The van der Waals surface area contributed by atoms with Gasteiger partial charge in [-0.1, -0.05) is 74.5 Å². The SMILES string of the molecule is CC(C)C[C@H](NC(=O)[C@H](CCC(=O)OC(C)(C)C)NC(=O)OCc1ccccc1)C(=O)N[C@@H](CO)[C@@H](O)[C@@H](O)[C@H](O)C(=O)N[C@@H](CC(=O)O)c1ccccc1. The fraction of sp³-hybridized carbons (Fsp3) is 0.526. The van der Waals surface area contributed by atoms with Gasteiger partial charge in [0.1, 0.15) is 36.5 Å². The van der Waals surface area contributed by atoms with Gasteiger partial charge in [-0.15, -0.1) is 0 Å². The van der Waals surface area contributed by atoms with Crippen molar-refractivity contribution in [1.82, 2.24) is 21.3 Å². The molecule has 0 saturated carbocycles. The second-order valence-corrected chi connectivity index (χ2v) is 14.4. The van der Waals surface area contributed by atoms with E-state index in [0.717, 1.165) is 0 Å². The van der Waals surface area contributed by atoms with Gasteiger partial charge >= 0.3 is 18.0 Å². The minimum atomic E-state index is -2.33. The Kier molecular flexibility index (Phi) is 18.7. The van der Waals surface area contributed by atoms with Gasteiger partial charge in [0.15, 0.2) is 6.10 Å². The van der Waals surface area contributed by atoms with Gasteiger partial charge in [-0.3, -0.25) is 24.0 Å². The van der Waals surface area contributed by atoms with Crippen molar-refractivity contribution in [3.8, 4) is 0 Å². The number of carbonyl (C=O) groups excluding carboxylic acids is 5. The van der Waals surface area contributed by atoms with E-state index in [2.05, 4.69) is 21.3 Å². The van der Waals surface area contributed by atoms with Crippen molar-refractivity contribution in [3.63, 3.8) is 0 Å². The Morgan fingerprint density at radius 3 is 1.87 bits per heavy atom. The van der Waals surface area contributed by atoms with Gasteiger partial charge in [-0.2, -0.15) is 0 Å². The topological polar surface area (TPSA) is 270 Å². The average molecular weight is 775 g/mol. The first-order valence-electron chi connectivity index (χ1n) is 17.8. The van der Waals surface area contributed by atoms with Crippen LogP contribution < -0.4 is 21.3 Å². The third kappa shape index (κ3) is 16.8. The van der Waals surface area contributed by atoms with E-state index in [9.17, 15) is 54.3 Å². The van der Waals surface area contributed by atoms with E-state index in [1.54, 1.807) is 95.3 Å². The number of esters is 1. The number of hydrogen-bond acceptors (Lipinski definition) is 12. The molecule has 0 radical (unpaired) electrons. The summed E-state index contributed by atoms with van der Waals surface area (Å²) in [5.74, 6) is -5.16. The molecule has 17 nitrogen and oxygen atoms in total. The number of hydrogen-bond donors (Lipinski definition) is 9. The molecule has 17 heteroatoms. The third-order valence-electron chi connectivity index (χ3n) is 7.99. The molecule has 304 valence electrons. The quantitative estimate of drug-likeness (QED) is 0.0797. The molecule has 2 aromatic carbocycles. The van der Waals surface area contributed by atoms with Gasteiger partial charge in [-0.25, -0.2) is 4.79 Å². The summed E-state index contributed by atoms with van der Waals surface area (Å²) >= 11 is 0. The molecular formula is C38H54N4O13. The summed E-state index contributed by atoms with van der Waals surface area (Å²) in [5.41, 5.74) is 0.254. The summed E-state index contributed by atoms with van der Waals surface area (Å²) in [5, 5.41) is 61.1. The maximum absolute atomic E-state index is 13.6. The molecule has 0 fully saturated rings. The first-order chi connectivity index (χ1) is 25.8. The third-order valence-corrected chi connectivity index (χ3v) is 7.99. The van der Waals surface area contributed by atoms with Crippen LogP contribution in [0.4, 0.5) is 4.79 Å². The number of aliphatic carboxylic acids is 1. The van der Waals surface area contributed by atoms with Crippen LogP contribution in [0, 0.1) is 5.92 Å². The lowest BCUT2D eigenvalue weighted by atomic mass is 9.98. The van der Waals surface area contributed by atoms with E-state index >= 15 is 0 Å². The Bertz CT molecular complexity index is 1550. The molecule has 0 aromatic heterocycles. The highest BCUT2D eigenvalue weighted by molar-refractivity contribution is 5.91. The Morgan fingerprint density at radius 2 is 1.33 bits per heavy atom. The van der Waals surface area contributed by atoms with Crippen molar-refractivity contribution in [1.29, 1.82) is 0 Å². The Morgan fingerprint density at radius 1 is 0.745 bits per heavy atom. The molecular weight excluding hydrogens is 720 g/mol. The first-order valence-corrected chi connectivity index (χ1v) is 17.8. The van der Waals surface area contributed by atoms with Crippen LogP contribution in [0.15, 0.2) is 60.7 Å². The van der Waals surface area contributed by atoms with E-state index in [1.807, 2.05) is 0 Å². The lowest BCUT2D eigenvalue weighted by molar-refractivity contribution is -0.155. The van der Waals surface area contributed by atoms with Gasteiger partial charge in [0.25, 0.3) is 5.91 Å². The van der Waals surface area contributed by atoms with Crippen LogP contribution in [-0.4, -0.2) is 110 Å². The van der Waals surface area contributed by atoms with E-state index < -0.39 is 96.9 Å². The van der Waals surface area contributed by atoms with E-state index in [1.165, 1.54) is 0 Å². The van der Waals surface area contributed by atoms with Crippen molar-refractivity contribution >= 4 is 35.8 Å². The van der Waals surface area contributed by atoms with Crippen molar-refractivity contribution in [2.24, 2.45) is 5.92 Å². The Labute approximate surface area is 319 Å². The largest absolute Gasteiger partial charge is 0.481 e. The molecule has 0 unspecified atom stereocenters. The number of benzene rings is 2. The predicted molar refractivity (Wildman–Crippen MR) is 197 cm³/mol. The van der Waals surface area contributed by atoms with E-state index in [4.69, 9.17) is 9.47 Å². The molecule has 0 spiro atoms. The number of carboxylic acid groups (broad SMARTS) is 1. The summed E-state index contributed by atoms with van der Waals surface area (Å²) in [7, 11) is 0. The fourth-order valence-corrected chi connectivity index (χ4v) is 5.28.